The number of nitrogens with zero attached hydrogens (tertiary/aromatic N) is 6. The maximum absolute atomic E-state index is 12.8. The summed E-state index contributed by atoms with van der Waals surface area (Å²) in [6, 6.07) is 1.42. The monoisotopic (exact) mass is 398 g/mol. The van der Waals surface area contributed by atoms with Crippen molar-refractivity contribution in [1.82, 2.24) is 23.5 Å². The molecule has 0 spiro atoms. The van der Waals surface area contributed by atoms with Crippen LogP contribution in [0.3, 0.4) is 0 Å². The molecule has 0 aliphatic carbocycles. The number of aromatic nitrogens is 2. The number of anilines is 1. The van der Waals surface area contributed by atoms with E-state index in [0.717, 1.165) is 12.8 Å². The summed E-state index contributed by atoms with van der Waals surface area (Å²) >= 11 is 0. The molecule has 152 valence electrons. The maximum Gasteiger partial charge on any atom is 0.282 e. The number of hydrogen-bond donors (Lipinski definition) is 0. The van der Waals surface area contributed by atoms with Gasteiger partial charge in [0.15, 0.2) is 0 Å². The molecule has 9 nitrogen and oxygen atoms in total. The van der Waals surface area contributed by atoms with Gasteiger partial charge in [0.1, 0.15) is 11.6 Å². The van der Waals surface area contributed by atoms with Crippen LogP contribution in [0.5, 0.6) is 0 Å². The van der Waals surface area contributed by atoms with Crippen molar-refractivity contribution in [3.8, 4) is 0 Å². The molecule has 0 bridgehead atoms. The molecule has 1 amide bonds. The third-order valence-electron chi connectivity index (χ3n) is 4.69. The molecular weight excluding hydrogens is 368 g/mol. The van der Waals surface area contributed by atoms with Gasteiger partial charge in [-0.25, -0.2) is 9.97 Å². The molecule has 1 saturated heterocycles. The molecular formula is C17H30N6O3S. The van der Waals surface area contributed by atoms with E-state index in [0.29, 0.717) is 36.8 Å². The van der Waals surface area contributed by atoms with Gasteiger partial charge in [-0.15, -0.1) is 0 Å². The molecule has 0 radical (unpaired) electrons. The van der Waals surface area contributed by atoms with Gasteiger partial charge in [0, 0.05) is 54.8 Å². The van der Waals surface area contributed by atoms with Gasteiger partial charge in [0.25, 0.3) is 10.2 Å². The highest BCUT2D eigenvalue weighted by atomic mass is 32.2. The molecule has 1 aromatic rings. The normalized spacial score (nSPS) is 18.6. The summed E-state index contributed by atoms with van der Waals surface area (Å²) in [5, 5.41) is 0. The van der Waals surface area contributed by atoms with Crippen LogP contribution in [0.15, 0.2) is 6.07 Å². The Bertz CT molecular complexity index is 781. The lowest BCUT2D eigenvalue weighted by atomic mass is 10.0. The predicted octanol–water partition coefficient (Wildman–Crippen LogP) is 0.854. The van der Waals surface area contributed by atoms with Gasteiger partial charge in [-0.05, 0) is 12.8 Å². The second-order valence-corrected chi connectivity index (χ2v) is 9.35. The van der Waals surface area contributed by atoms with Crippen LogP contribution in [0.2, 0.25) is 0 Å². The fourth-order valence-corrected chi connectivity index (χ4v) is 4.27. The van der Waals surface area contributed by atoms with E-state index in [1.54, 1.807) is 11.9 Å². The van der Waals surface area contributed by atoms with Gasteiger partial charge in [0.2, 0.25) is 5.91 Å². The fourth-order valence-electron chi connectivity index (χ4n) is 2.97. The highest BCUT2D eigenvalue weighted by Gasteiger charge is 2.36. The minimum Gasteiger partial charge on any atom is -0.363 e. The van der Waals surface area contributed by atoms with E-state index >= 15 is 0 Å². The Morgan fingerprint density at radius 2 is 1.85 bits per heavy atom. The van der Waals surface area contributed by atoms with Gasteiger partial charge < -0.3 is 9.80 Å². The van der Waals surface area contributed by atoms with Crippen LogP contribution in [0.25, 0.3) is 0 Å². The summed E-state index contributed by atoms with van der Waals surface area (Å²) in [5.74, 6) is 1.12. The molecule has 27 heavy (non-hydrogen) atoms. The van der Waals surface area contributed by atoms with Crippen LogP contribution in [0.4, 0.5) is 5.82 Å². The molecule has 2 heterocycles. The van der Waals surface area contributed by atoms with E-state index in [4.69, 9.17) is 0 Å². The molecule has 2 rings (SSSR count). The summed E-state index contributed by atoms with van der Waals surface area (Å²) in [5.41, 5.74) is 0.689. The number of carbonyl (C=O) groups is 1. The Hall–Kier alpha value is -1.78. The molecule has 1 atom stereocenters. The van der Waals surface area contributed by atoms with Crippen LogP contribution < -0.4 is 4.90 Å². The minimum atomic E-state index is -3.57. The lowest BCUT2D eigenvalue weighted by Crippen LogP contribution is -2.45. The Labute approximate surface area is 162 Å². The SMILES string of the molecule is CC(=O)N(C)Cc1cc(N(C)C)nc(C2CCCCN2S(=O)(=O)N(C)C)n1. The maximum atomic E-state index is 12.8. The molecule has 1 aliphatic heterocycles. The number of piperidine rings is 1. The quantitative estimate of drug-likeness (QED) is 0.706. The topological polar surface area (TPSA) is 90.0 Å². The van der Waals surface area contributed by atoms with Gasteiger partial charge in [-0.1, -0.05) is 6.42 Å². The zero-order chi connectivity index (χ0) is 20.4. The van der Waals surface area contributed by atoms with Crippen molar-refractivity contribution in [2.45, 2.75) is 38.8 Å². The van der Waals surface area contributed by atoms with E-state index < -0.39 is 16.3 Å². The third kappa shape index (κ3) is 4.94. The largest absolute Gasteiger partial charge is 0.363 e. The standard InChI is InChI=1S/C17H30N6O3S/c1-13(24)22(6)12-14-11-16(20(2)3)19-17(18-14)15-9-7-8-10-23(15)27(25,26)21(4)5/h11,15H,7-10,12H2,1-6H3. The first-order chi connectivity index (χ1) is 12.5. The van der Waals surface area contributed by atoms with Crippen LogP contribution in [-0.4, -0.2) is 79.6 Å². The number of amides is 1. The van der Waals surface area contributed by atoms with Gasteiger partial charge in [-0.3, -0.25) is 4.79 Å². The van der Waals surface area contributed by atoms with Gasteiger partial charge >= 0.3 is 0 Å². The molecule has 1 unspecified atom stereocenters. The lowest BCUT2D eigenvalue weighted by Gasteiger charge is -2.35. The second-order valence-electron chi connectivity index (χ2n) is 7.26. The Kier molecular flexibility index (Phi) is 6.77. The summed E-state index contributed by atoms with van der Waals surface area (Å²) in [7, 11) is 4.96. The highest BCUT2D eigenvalue weighted by molar-refractivity contribution is 7.86. The van der Waals surface area contributed by atoms with Crippen molar-refractivity contribution in [1.29, 1.82) is 0 Å². The Morgan fingerprint density at radius 1 is 1.19 bits per heavy atom. The first-order valence-corrected chi connectivity index (χ1v) is 10.4. The van der Waals surface area contributed by atoms with E-state index in [1.165, 1.54) is 29.6 Å². The summed E-state index contributed by atoms with van der Waals surface area (Å²) < 4.78 is 28.3. The molecule has 0 saturated carbocycles. The van der Waals surface area contributed by atoms with Crippen LogP contribution in [-0.2, 0) is 21.5 Å². The van der Waals surface area contributed by atoms with E-state index in [1.807, 2.05) is 25.1 Å². The van der Waals surface area contributed by atoms with Crippen molar-refractivity contribution in [2.24, 2.45) is 0 Å². The molecule has 1 fully saturated rings. The molecule has 10 heteroatoms. The molecule has 0 aromatic carbocycles. The van der Waals surface area contributed by atoms with E-state index in [2.05, 4.69) is 9.97 Å². The summed E-state index contributed by atoms with van der Waals surface area (Å²) in [4.78, 5) is 24.3. The van der Waals surface area contributed by atoms with Gasteiger partial charge in [0.05, 0.1) is 18.3 Å². The van der Waals surface area contributed by atoms with Crippen molar-refractivity contribution in [2.75, 3.05) is 46.7 Å². The number of carbonyl (C=O) groups excluding carboxylic acids is 1. The smallest absolute Gasteiger partial charge is 0.282 e. The van der Waals surface area contributed by atoms with Crippen molar-refractivity contribution >= 4 is 21.9 Å². The average molecular weight is 399 g/mol. The molecule has 1 aromatic heterocycles. The zero-order valence-corrected chi connectivity index (χ0v) is 17.8. The first kappa shape index (κ1) is 21.5. The lowest BCUT2D eigenvalue weighted by molar-refractivity contribution is -0.128. The molecule has 1 aliphatic rings. The van der Waals surface area contributed by atoms with Crippen LogP contribution in [0, 0.1) is 0 Å². The second kappa shape index (κ2) is 8.49. The van der Waals surface area contributed by atoms with Gasteiger partial charge in [-0.2, -0.15) is 17.0 Å². The highest BCUT2D eigenvalue weighted by Crippen LogP contribution is 2.33. The molecule has 0 N–H and O–H groups in total. The Balaban J connectivity index is 2.47. The van der Waals surface area contributed by atoms with Crippen molar-refractivity contribution < 1.29 is 13.2 Å². The van der Waals surface area contributed by atoms with Crippen LogP contribution in [0.1, 0.15) is 43.7 Å². The summed E-state index contributed by atoms with van der Waals surface area (Å²) in [6.45, 7) is 2.30. The third-order valence-corrected chi connectivity index (χ3v) is 6.64. The van der Waals surface area contributed by atoms with Crippen LogP contribution >= 0.6 is 0 Å². The predicted molar refractivity (Wildman–Crippen MR) is 104 cm³/mol. The number of rotatable bonds is 6. The Morgan fingerprint density at radius 3 is 2.41 bits per heavy atom. The first-order valence-electron chi connectivity index (χ1n) is 9.00. The van der Waals surface area contributed by atoms with E-state index in [-0.39, 0.29) is 5.91 Å². The zero-order valence-electron chi connectivity index (χ0n) is 17.0. The van der Waals surface area contributed by atoms with E-state index in [9.17, 15) is 13.2 Å². The summed E-state index contributed by atoms with van der Waals surface area (Å²) in [6.07, 6.45) is 2.41. The average Bonchev–Trinajstić information content (AvgIpc) is 2.61. The fraction of sp³-hybridized carbons (Fsp3) is 0.706. The number of hydrogen-bond acceptors (Lipinski definition) is 6. The van der Waals surface area contributed by atoms with Crippen molar-refractivity contribution in [3.05, 3.63) is 17.6 Å². The van der Waals surface area contributed by atoms with Crippen molar-refractivity contribution in [3.63, 3.8) is 0 Å². The minimum absolute atomic E-state index is 0.0592.